The lowest BCUT2D eigenvalue weighted by atomic mass is 10.0. The number of aliphatic carboxylic acids is 1. The highest BCUT2D eigenvalue weighted by atomic mass is 31.2. The minimum Gasteiger partial charge on any atom is -0.481 e. The average Bonchev–Trinajstić information content (AvgIpc) is 2.87. The largest absolute Gasteiger partial charge is 0.524 e. The van der Waals surface area contributed by atoms with Crippen molar-refractivity contribution in [1.82, 2.24) is 21.3 Å². The summed E-state index contributed by atoms with van der Waals surface area (Å²) < 4.78 is 15.5. The van der Waals surface area contributed by atoms with E-state index in [9.17, 15) is 38.4 Å². The number of carbonyl (C=O) groups excluding carboxylic acids is 5. The Balaban J connectivity index is 3.20. The molecule has 0 fully saturated rings. The van der Waals surface area contributed by atoms with E-state index < -0.39 is 80.5 Å². The number of phosphoric acid groups is 1. The fourth-order valence-electron chi connectivity index (χ4n) is 3.34. The Kier molecular flexibility index (Phi) is 14.0. The van der Waals surface area contributed by atoms with E-state index in [4.69, 9.17) is 20.6 Å². The molecule has 0 bridgehead atoms. The summed E-state index contributed by atoms with van der Waals surface area (Å²) in [6.45, 7) is 2.00. The van der Waals surface area contributed by atoms with Gasteiger partial charge in [0.25, 0.3) is 0 Å². The zero-order valence-corrected chi connectivity index (χ0v) is 23.1. The van der Waals surface area contributed by atoms with Crippen molar-refractivity contribution in [2.45, 2.75) is 50.9 Å². The molecule has 4 atom stereocenters. The maximum Gasteiger partial charge on any atom is 0.524 e. The lowest BCUT2D eigenvalue weighted by Gasteiger charge is -2.26. The van der Waals surface area contributed by atoms with E-state index in [-0.39, 0.29) is 18.7 Å². The monoisotopic (exact) mass is 603 g/mol. The average molecular weight is 604 g/mol. The molecule has 0 spiro atoms. The van der Waals surface area contributed by atoms with E-state index in [0.717, 1.165) is 0 Å². The first-order valence-corrected chi connectivity index (χ1v) is 13.7. The number of carbonyl (C=O) groups is 6. The van der Waals surface area contributed by atoms with Crippen molar-refractivity contribution in [2.24, 2.45) is 11.7 Å². The molecular formula is C23H34N5O12P. The molecule has 4 amide bonds. The second-order valence-corrected chi connectivity index (χ2v) is 10.2. The van der Waals surface area contributed by atoms with Crippen LogP contribution >= 0.6 is 7.82 Å². The molecule has 1 aromatic carbocycles. The summed E-state index contributed by atoms with van der Waals surface area (Å²) in [6.07, 6.45) is -0.536. The first-order chi connectivity index (χ1) is 19.1. The Morgan fingerprint density at radius 1 is 0.951 bits per heavy atom. The highest BCUT2D eigenvalue weighted by molar-refractivity contribution is 7.46. The van der Waals surface area contributed by atoms with Gasteiger partial charge in [-0.3, -0.25) is 33.8 Å². The van der Waals surface area contributed by atoms with Gasteiger partial charge in [-0.25, -0.2) is 4.57 Å². The maximum absolute atomic E-state index is 13.3. The molecule has 18 heteroatoms. The van der Waals surface area contributed by atoms with Crippen LogP contribution in [0.3, 0.4) is 0 Å². The van der Waals surface area contributed by atoms with E-state index in [2.05, 4.69) is 25.8 Å². The highest BCUT2D eigenvalue weighted by Gasteiger charge is 2.31. The van der Waals surface area contributed by atoms with Crippen molar-refractivity contribution in [3.8, 4) is 5.75 Å². The second kappa shape index (κ2) is 16.4. The number of amides is 4. The molecule has 0 aliphatic rings. The van der Waals surface area contributed by atoms with Crippen LogP contribution in [0.25, 0.3) is 0 Å². The Labute approximate surface area is 234 Å². The molecule has 228 valence electrons. The molecule has 0 radical (unpaired) electrons. The lowest BCUT2D eigenvalue weighted by Crippen LogP contribution is -2.59. The number of nitrogens with one attached hydrogen (secondary N) is 4. The molecule has 0 aliphatic carbocycles. The molecule has 0 saturated heterocycles. The third-order valence-electron chi connectivity index (χ3n) is 5.37. The minimum atomic E-state index is -4.83. The summed E-state index contributed by atoms with van der Waals surface area (Å²) in [5.74, 6) is -5.63. The summed E-state index contributed by atoms with van der Waals surface area (Å²) in [4.78, 5) is 90.1. The molecule has 0 unspecified atom stereocenters. The summed E-state index contributed by atoms with van der Waals surface area (Å²) in [5.41, 5.74) is 5.84. The Morgan fingerprint density at radius 2 is 1.51 bits per heavy atom. The number of benzene rings is 1. The number of aliphatic hydroxyl groups excluding tert-OH is 1. The van der Waals surface area contributed by atoms with Crippen molar-refractivity contribution < 1.29 is 57.9 Å². The van der Waals surface area contributed by atoms with Gasteiger partial charge in [0.1, 0.15) is 30.2 Å². The van der Waals surface area contributed by atoms with Gasteiger partial charge in [-0.05, 0) is 23.6 Å². The molecule has 17 nitrogen and oxygen atoms in total. The van der Waals surface area contributed by atoms with Crippen LogP contribution in [0.5, 0.6) is 5.75 Å². The first kappa shape index (κ1) is 35.1. The van der Waals surface area contributed by atoms with Gasteiger partial charge in [-0.15, -0.1) is 0 Å². The first-order valence-electron chi connectivity index (χ1n) is 12.1. The summed E-state index contributed by atoms with van der Waals surface area (Å²) in [6, 6.07) is -0.592. The van der Waals surface area contributed by atoms with Crippen molar-refractivity contribution in [2.75, 3.05) is 13.2 Å². The number of carboxylic acid groups (broad SMARTS) is 1. The third-order valence-corrected chi connectivity index (χ3v) is 5.82. The SMILES string of the molecule is CC(C)[C@H](NC(=O)[C@H](Cc1ccc(OP(=O)(O)O)cc1)NC(=O)[C@H](CO)NC(=O)[C@@H](N)CC(=O)O)C(=O)NCC=O. The number of nitrogens with two attached hydrogens (primary N) is 1. The Morgan fingerprint density at radius 3 is 2.00 bits per heavy atom. The maximum atomic E-state index is 13.3. The van der Waals surface area contributed by atoms with Crippen LogP contribution in [0.2, 0.25) is 0 Å². The van der Waals surface area contributed by atoms with Gasteiger partial charge in [-0.2, -0.15) is 0 Å². The van der Waals surface area contributed by atoms with Crippen molar-refractivity contribution in [3.05, 3.63) is 29.8 Å². The van der Waals surface area contributed by atoms with Crippen molar-refractivity contribution >= 4 is 43.7 Å². The molecule has 1 aromatic rings. The predicted molar refractivity (Wildman–Crippen MR) is 140 cm³/mol. The lowest BCUT2D eigenvalue weighted by molar-refractivity contribution is -0.140. The molecule has 41 heavy (non-hydrogen) atoms. The number of aliphatic hydroxyl groups is 1. The Hall–Kier alpha value is -3.89. The molecule has 10 N–H and O–H groups in total. The second-order valence-electron chi connectivity index (χ2n) is 9.08. The van der Waals surface area contributed by atoms with E-state index in [1.807, 2.05) is 0 Å². The fourth-order valence-corrected chi connectivity index (χ4v) is 3.73. The molecular weight excluding hydrogens is 569 g/mol. The van der Waals surface area contributed by atoms with E-state index in [0.29, 0.717) is 11.8 Å². The summed E-state index contributed by atoms with van der Waals surface area (Å²) >= 11 is 0. The standard InChI is InChI=1S/C23H34N5O12P/c1-12(2)19(23(36)25-7-8-29)28-21(34)16(9-13-3-5-14(6-4-13)40-41(37,38)39)26-22(35)17(11-30)27-20(33)15(24)10-18(31)32/h3-6,8,12,15-17,19,30H,7,9-11,24H2,1-2H3,(H,25,36)(H,26,35)(H,27,33)(H,28,34)(H,31,32)(H2,37,38,39)/t15-,16-,17-,19-/m0/s1. The number of rotatable bonds is 17. The van der Waals surface area contributed by atoms with Crippen molar-refractivity contribution in [3.63, 3.8) is 0 Å². The smallest absolute Gasteiger partial charge is 0.481 e. The van der Waals surface area contributed by atoms with Gasteiger partial charge in [-0.1, -0.05) is 26.0 Å². The number of carboxylic acids is 1. The molecule has 1 rings (SSSR count). The van der Waals surface area contributed by atoms with Crippen LogP contribution in [0.15, 0.2) is 24.3 Å². The number of phosphoric ester groups is 1. The third kappa shape index (κ3) is 12.9. The van der Waals surface area contributed by atoms with Crippen LogP contribution in [0, 0.1) is 5.92 Å². The number of hydrogen-bond acceptors (Lipinski definition) is 10. The predicted octanol–water partition coefficient (Wildman–Crippen LogP) is -3.08. The normalized spacial score (nSPS) is 14.1. The van der Waals surface area contributed by atoms with E-state index in [1.165, 1.54) is 24.3 Å². The van der Waals surface area contributed by atoms with Crippen LogP contribution in [0.1, 0.15) is 25.8 Å². The van der Waals surface area contributed by atoms with Gasteiger partial charge in [0.2, 0.25) is 23.6 Å². The molecule has 0 aliphatic heterocycles. The van der Waals surface area contributed by atoms with Crippen LogP contribution in [-0.4, -0.2) is 93.2 Å². The van der Waals surface area contributed by atoms with Gasteiger partial charge >= 0.3 is 13.8 Å². The summed E-state index contributed by atoms with van der Waals surface area (Å²) in [5, 5.41) is 27.7. The van der Waals surface area contributed by atoms with Gasteiger partial charge < -0.3 is 46.5 Å². The van der Waals surface area contributed by atoms with Crippen LogP contribution < -0.4 is 31.5 Å². The van der Waals surface area contributed by atoms with E-state index >= 15 is 0 Å². The molecule has 0 heterocycles. The van der Waals surface area contributed by atoms with Crippen LogP contribution in [-0.2, 0) is 39.8 Å². The molecule has 0 aromatic heterocycles. The quantitative estimate of drug-likeness (QED) is 0.0631. The van der Waals surface area contributed by atoms with E-state index in [1.54, 1.807) is 13.8 Å². The zero-order chi connectivity index (χ0) is 31.3. The summed E-state index contributed by atoms with van der Waals surface area (Å²) in [7, 11) is -4.83. The van der Waals surface area contributed by atoms with Crippen molar-refractivity contribution in [1.29, 1.82) is 0 Å². The highest BCUT2D eigenvalue weighted by Crippen LogP contribution is 2.37. The number of hydrogen-bond donors (Lipinski definition) is 9. The fraction of sp³-hybridized carbons (Fsp3) is 0.478. The zero-order valence-electron chi connectivity index (χ0n) is 22.2. The minimum absolute atomic E-state index is 0.181. The van der Waals surface area contributed by atoms with Crippen LogP contribution in [0.4, 0.5) is 0 Å². The van der Waals surface area contributed by atoms with Gasteiger partial charge in [0, 0.05) is 6.42 Å². The molecule has 0 saturated carbocycles. The Bertz CT molecular complexity index is 1140. The number of aldehydes is 1. The topological polar surface area (TPSA) is 284 Å². The van der Waals surface area contributed by atoms with Gasteiger partial charge in [0.05, 0.1) is 25.6 Å². The van der Waals surface area contributed by atoms with Gasteiger partial charge in [0.15, 0.2) is 0 Å².